The zero-order valence-electron chi connectivity index (χ0n) is 15.8. The van der Waals surface area contributed by atoms with Gasteiger partial charge in [0.1, 0.15) is 11.8 Å². The van der Waals surface area contributed by atoms with Crippen LogP contribution < -0.4 is 14.8 Å². The van der Waals surface area contributed by atoms with Gasteiger partial charge in [0.05, 0.1) is 17.7 Å². The first kappa shape index (κ1) is 21.4. The van der Waals surface area contributed by atoms with Crippen molar-refractivity contribution in [1.82, 2.24) is 9.88 Å². The molecule has 0 saturated carbocycles. The lowest BCUT2D eigenvalue weighted by molar-refractivity contribution is -0.154. The van der Waals surface area contributed by atoms with Crippen LogP contribution in [0.1, 0.15) is 19.5 Å². The summed E-state index contributed by atoms with van der Waals surface area (Å²) in [5.74, 6) is -0.949. The Morgan fingerprint density at radius 2 is 1.82 bits per heavy atom. The molecule has 0 fully saturated rings. The monoisotopic (exact) mass is 411 g/mol. The fourth-order valence-electron chi connectivity index (χ4n) is 2.08. The van der Waals surface area contributed by atoms with E-state index in [0.29, 0.717) is 11.4 Å². The molecule has 0 spiro atoms. The molecule has 0 saturated heterocycles. The highest BCUT2D eigenvalue weighted by atomic mass is 32.2. The molecule has 1 amide bonds. The molecule has 1 aromatic carbocycles. The fraction of sp³-hybridized carbons (Fsp3) is 0.353. The number of hydrogen-bond donors (Lipinski definition) is 2. The van der Waals surface area contributed by atoms with Gasteiger partial charge in [-0.3, -0.25) is 14.9 Å². The minimum Gasteiger partial charge on any atom is -0.497 e. The maximum Gasteiger partial charge on any atom is 0.324 e. The van der Waals surface area contributed by atoms with E-state index in [0.717, 1.165) is 0 Å². The molecule has 11 heteroatoms. The lowest BCUT2D eigenvalue weighted by atomic mass is 10.3. The highest BCUT2D eigenvalue weighted by Crippen LogP contribution is 2.16. The van der Waals surface area contributed by atoms with Gasteiger partial charge in [-0.15, -0.1) is 0 Å². The van der Waals surface area contributed by atoms with Gasteiger partial charge in [-0.05, 0) is 45.0 Å². The highest BCUT2D eigenvalue weighted by Gasteiger charge is 2.26. The van der Waals surface area contributed by atoms with Crippen molar-refractivity contribution >= 4 is 27.8 Å². The molecule has 0 radical (unpaired) electrons. The number of esters is 1. The Morgan fingerprint density at radius 3 is 2.36 bits per heavy atom. The predicted octanol–water partition coefficient (Wildman–Crippen LogP) is 1.23. The number of methoxy groups -OCH3 is 1. The number of amides is 1. The minimum absolute atomic E-state index is 0.0422. The van der Waals surface area contributed by atoms with Crippen molar-refractivity contribution in [2.75, 3.05) is 12.4 Å². The number of nitrogens with one attached hydrogen (secondary N) is 2. The standard InChI is InChI=1S/C17H21N3O7S/c1-10-9-15(27-19-10)18-16(21)12(3)26-17(22)11(2)20-28(23,24)14-7-5-13(25-4)6-8-14/h5-9,11-12,20H,1-4H3,(H,18,21)/t11-,12?/m0/s1. The summed E-state index contributed by atoms with van der Waals surface area (Å²) in [4.78, 5) is 24.1. The average molecular weight is 411 g/mol. The third-order valence-electron chi connectivity index (χ3n) is 3.59. The highest BCUT2D eigenvalue weighted by molar-refractivity contribution is 7.89. The molecule has 1 aromatic heterocycles. The molecule has 2 atom stereocenters. The zero-order chi connectivity index (χ0) is 20.9. The number of nitrogens with zero attached hydrogens (tertiary/aromatic N) is 1. The van der Waals surface area contributed by atoms with Crippen molar-refractivity contribution in [2.45, 2.75) is 37.8 Å². The van der Waals surface area contributed by atoms with E-state index in [4.69, 9.17) is 14.0 Å². The van der Waals surface area contributed by atoms with E-state index in [1.165, 1.54) is 51.3 Å². The molecule has 1 unspecified atom stereocenters. The van der Waals surface area contributed by atoms with Crippen molar-refractivity contribution < 1.29 is 32.0 Å². The first-order valence-electron chi connectivity index (χ1n) is 8.23. The van der Waals surface area contributed by atoms with Crippen LogP contribution in [0.3, 0.4) is 0 Å². The molecular formula is C17H21N3O7S. The second-order valence-corrected chi connectivity index (χ2v) is 7.63. The van der Waals surface area contributed by atoms with Gasteiger partial charge in [0, 0.05) is 6.07 Å². The van der Waals surface area contributed by atoms with Crippen LogP contribution in [-0.4, -0.2) is 44.7 Å². The molecule has 2 aromatic rings. The van der Waals surface area contributed by atoms with Crippen molar-refractivity contribution in [3.05, 3.63) is 36.0 Å². The molecule has 1 heterocycles. The summed E-state index contributed by atoms with van der Waals surface area (Å²) in [5.41, 5.74) is 0.571. The molecule has 152 valence electrons. The van der Waals surface area contributed by atoms with Gasteiger partial charge < -0.3 is 14.0 Å². The third-order valence-corrected chi connectivity index (χ3v) is 5.15. The van der Waals surface area contributed by atoms with Gasteiger partial charge in [0.25, 0.3) is 5.91 Å². The molecule has 2 rings (SSSR count). The summed E-state index contributed by atoms with van der Waals surface area (Å²) in [6.07, 6.45) is -1.18. The van der Waals surface area contributed by atoms with E-state index in [2.05, 4.69) is 15.2 Å². The molecule has 10 nitrogen and oxygen atoms in total. The number of benzene rings is 1. The van der Waals surface area contributed by atoms with E-state index in [9.17, 15) is 18.0 Å². The molecule has 2 N–H and O–H groups in total. The Balaban J connectivity index is 1.94. The molecular weight excluding hydrogens is 390 g/mol. The van der Waals surface area contributed by atoms with Crippen molar-refractivity contribution in [3.8, 4) is 5.75 Å². The molecule has 0 aliphatic heterocycles. The van der Waals surface area contributed by atoms with Crippen LogP contribution >= 0.6 is 0 Å². The normalized spacial score (nSPS) is 13.4. The predicted molar refractivity (Wildman–Crippen MR) is 98.2 cm³/mol. The minimum atomic E-state index is -3.96. The lowest BCUT2D eigenvalue weighted by Crippen LogP contribution is -2.42. The van der Waals surface area contributed by atoms with Gasteiger partial charge in [-0.25, -0.2) is 8.42 Å². The Labute approximate surface area is 162 Å². The topological polar surface area (TPSA) is 137 Å². The van der Waals surface area contributed by atoms with Crippen LogP contribution in [0.2, 0.25) is 0 Å². The number of aryl methyl sites for hydroxylation is 1. The van der Waals surface area contributed by atoms with E-state index >= 15 is 0 Å². The van der Waals surface area contributed by atoms with Crippen molar-refractivity contribution in [1.29, 1.82) is 0 Å². The van der Waals surface area contributed by atoms with Crippen molar-refractivity contribution in [3.63, 3.8) is 0 Å². The van der Waals surface area contributed by atoms with Gasteiger partial charge in [0.2, 0.25) is 15.9 Å². The average Bonchev–Trinajstić information content (AvgIpc) is 3.05. The van der Waals surface area contributed by atoms with E-state index < -0.39 is 34.0 Å². The number of anilines is 1. The van der Waals surface area contributed by atoms with Crippen LogP contribution in [0.5, 0.6) is 5.75 Å². The SMILES string of the molecule is COc1ccc(S(=O)(=O)N[C@@H](C)C(=O)OC(C)C(=O)Nc2cc(C)no2)cc1. The first-order chi connectivity index (χ1) is 13.1. The summed E-state index contributed by atoms with van der Waals surface area (Å²) < 4.78 is 41.7. The number of ether oxygens (including phenoxy) is 2. The number of carbonyl (C=O) groups is 2. The van der Waals surface area contributed by atoms with E-state index in [-0.39, 0.29) is 10.8 Å². The van der Waals surface area contributed by atoms with Crippen LogP contribution in [-0.2, 0) is 24.3 Å². The summed E-state index contributed by atoms with van der Waals surface area (Å²) >= 11 is 0. The van der Waals surface area contributed by atoms with Crippen LogP contribution in [0, 0.1) is 6.92 Å². The quantitative estimate of drug-likeness (QED) is 0.619. The first-order valence-corrected chi connectivity index (χ1v) is 9.71. The second-order valence-electron chi connectivity index (χ2n) is 5.92. The number of sulfonamides is 1. The van der Waals surface area contributed by atoms with Gasteiger partial charge in [-0.2, -0.15) is 4.72 Å². The number of carbonyl (C=O) groups excluding carboxylic acids is 2. The summed E-state index contributed by atoms with van der Waals surface area (Å²) in [6, 6.07) is 5.93. The summed E-state index contributed by atoms with van der Waals surface area (Å²) in [6.45, 7) is 4.34. The smallest absolute Gasteiger partial charge is 0.324 e. The largest absolute Gasteiger partial charge is 0.497 e. The summed E-state index contributed by atoms with van der Waals surface area (Å²) in [5, 5.41) is 6.01. The Kier molecular flexibility index (Phi) is 6.75. The molecule has 0 bridgehead atoms. The van der Waals surface area contributed by atoms with E-state index in [1.54, 1.807) is 6.92 Å². The van der Waals surface area contributed by atoms with Gasteiger partial charge >= 0.3 is 5.97 Å². The molecule has 0 aliphatic carbocycles. The third kappa shape index (κ3) is 5.54. The number of rotatable bonds is 8. The van der Waals surface area contributed by atoms with Gasteiger partial charge in [0.15, 0.2) is 6.10 Å². The van der Waals surface area contributed by atoms with Crippen LogP contribution in [0.15, 0.2) is 39.8 Å². The maximum absolute atomic E-state index is 12.4. The Bertz CT molecular complexity index is 938. The maximum atomic E-state index is 12.4. The number of hydrogen-bond acceptors (Lipinski definition) is 8. The van der Waals surface area contributed by atoms with E-state index in [1.807, 2.05) is 0 Å². The summed E-state index contributed by atoms with van der Waals surface area (Å²) in [7, 11) is -2.50. The molecule has 0 aliphatic rings. The van der Waals surface area contributed by atoms with Crippen molar-refractivity contribution in [2.24, 2.45) is 0 Å². The fourth-order valence-corrected chi connectivity index (χ4v) is 3.27. The van der Waals surface area contributed by atoms with Crippen LogP contribution in [0.4, 0.5) is 5.88 Å². The molecule has 28 heavy (non-hydrogen) atoms. The second kappa shape index (κ2) is 8.85. The Morgan fingerprint density at radius 1 is 1.18 bits per heavy atom. The Hall–Kier alpha value is -2.92. The van der Waals surface area contributed by atoms with Crippen LogP contribution in [0.25, 0.3) is 0 Å². The van der Waals surface area contributed by atoms with Gasteiger partial charge in [-0.1, -0.05) is 5.16 Å². The number of aromatic nitrogens is 1. The zero-order valence-corrected chi connectivity index (χ0v) is 16.6. The lowest BCUT2D eigenvalue weighted by Gasteiger charge is -2.17.